The third-order valence-electron chi connectivity index (χ3n) is 5.00. The second-order valence-corrected chi connectivity index (χ2v) is 8.12. The number of aryl methyl sites for hydroxylation is 2. The fourth-order valence-corrected chi connectivity index (χ4v) is 3.49. The average molecular weight is 515 g/mol. The largest absolute Gasteiger partial charge is 0.467 e. The van der Waals surface area contributed by atoms with Gasteiger partial charge in [-0.2, -0.15) is 15.3 Å². The smallest absolute Gasteiger partial charge is 0.276 e. The normalized spacial score (nSPS) is 11.0. The highest BCUT2D eigenvalue weighted by atomic mass is 79.9. The van der Waals surface area contributed by atoms with Gasteiger partial charge in [0, 0.05) is 18.9 Å². The predicted octanol–water partition coefficient (Wildman–Crippen LogP) is 2.96. The van der Waals surface area contributed by atoms with E-state index in [1.165, 1.54) is 6.26 Å². The van der Waals surface area contributed by atoms with Crippen molar-refractivity contribution in [2.24, 2.45) is 0 Å². The van der Waals surface area contributed by atoms with Crippen LogP contribution in [-0.4, -0.2) is 41.2 Å². The minimum atomic E-state index is -0.445. The van der Waals surface area contributed by atoms with Crippen molar-refractivity contribution in [3.05, 3.63) is 69.9 Å². The van der Waals surface area contributed by atoms with E-state index in [9.17, 15) is 9.59 Å². The first-order chi connectivity index (χ1) is 15.9. The Kier molecular flexibility index (Phi) is 6.45. The first-order valence-electron chi connectivity index (χ1n) is 10.3. The molecule has 0 spiro atoms. The number of nitrogens with zero attached hydrogens (tertiary/aromatic N) is 6. The Balaban J connectivity index is 1.46. The highest BCUT2D eigenvalue weighted by molar-refractivity contribution is 9.10. The molecule has 4 aromatic rings. The molecule has 0 unspecified atom stereocenters. The molecular weight excluding hydrogens is 492 g/mol. The Labute approximate surface area is 197 Å². The molecule has 0 aliphatic carbocycles. The summed E-state index contributed by atoms with van der Waals surface area (Å²) in [7, 11) is 0. The van der Waals surface area contributed by atoms with E-state index in [0.29, 0.717) is 24.7 Å². The standard InChI is InChI=1S/C21H23BrN8O3/c1-4-28-11-17(19(27-28)21(32)23-10-15-6-5-9-33-15)24-20(31)16-7-8-29(26-16)12-30-14(3)18(22)13(2)25-30/h5-9,11H,4,10,12H2,1-3H3,(H,23,32)(H,24,31). The molecule has 0 aliphatic rings. The molecule has 172 valence electrons. The van der Waals surface area contributed by atoms with Crippen molar-refractivity contribution < 1.29 is 14.0 Å². The molecule has 4 rings (SSSR count). The van der Waals surface area contributed by atoms with Gasteiger partial charge in [0.2, 0.25) is 0 Å². The summed E-state index contributed by atoms with van der Waals surface area (Å²) in [6, 6.07) is 5.11. The van der Waals surface area contributed by atoms with Crippen molar-refractivity contribution in [2.75, 3.05) is 5.32 Å². The number of furan rings is 1. The first kappa shape index (κ1) is 22.5. The van der Waals surface area contributed by atoms with Gasteiger partial charge in [-0.25, -0.2) is 4.68 Å². The molecule has 0 aromatic carbocycles. The number of aromatic nitrogens is 6. The maximum Gasteiger partial charge on any atom is 0.276 e. The number of nitrogens with one attached hydrogen (secondary N) is 2. The average Bonchev–Trinajstić information content (AvgIpc) is 3.59. The molecule has 0 fully saturated rings. The summed E-state index contributed by atoms with van der Waals surface area (Å²) in [5.41, 5.74) is 2.47. The molecule has 4 heterocycles. The molecule has 4 aromatic heterocycles. The molecule has 12 heteroatoms. The van der Waals surface area contributed by atoms with Gasteiger partial charge in [0.05, 0.1) is 34.4 Å². The van der Waals surface area contributed by atoms with Crippen LogP contribution in [0.15, 0.2) is 45.7 Å². The lowest BCUT2D eigenvalue weighted by Gasteiger charge is -2.06. The van der Waals surface area contributed by atoms with Crippen LogP contribution in [0, 0.1) is 13.8 Å². The lowest BCUT2D eigenvalue weighted by molar-refractivity contribution is 0.0943. The Bertz CT molecular complexity index is 1290. The number of carbonyl (C=O) groups excluding carboxylic acids is 2. The number of halogens is 1. The van der Waals surface area contributed by atoms with Crippen molar-refractivity contribution in [1.29, 1.82) is 0 Å². The molecule has 0 radical (unpaired) electrons. The zero-order valence-electron chi connectivity index (χ0n) is 18.4. The van der Waals surface area contributed by atoms with Gasteiger partial charge in [0.25, 0.3) is 11.8 Å². The predicted molar refractivity (Wildman–Crippen MR) is 123 cm³/mol. The molecule has 0 saturated carbocycles. The quantitative estimate of drug-likeness (QED) is 0.372. The first-order valence-corrected chi connectivity index (χ1v) is 11.1. The van der Waals surface area contributed by atoms with E-state index in [1.54, 1.807) is 44.6 Å². The Morgan fingerprint density at radius 3 is 2.61 bits per heavy atom. The van der Waals surface area contributed by atoms with Crippen LogP contribution in [0.2, 0.25) is 0 Å². The van der Waals surface area contributed by atoms with Gasteiger partial charge in [0.15, 0.2) is 11.4 Å². The highest BCUT2D eigenvalue weighted by Crippen LogP contribution is 2.20. The highest BCUT2D eigenvalue weighted by Gasteiger charge is 2.20. The van der Waals surface area contributed by atoms with Crippen LogP contribution in [0.4, 0.5) is 5.69 Å². The summed E-state index contributed by atoms with van der Waals surface area (Å²) in [5, 5.41) is 18.6. The monoisotopic (exact) mass is 514 g/mol. The lowest BCUT2D eigenvalue weighted by Crippen LogP contribution is -2.25. The lowest BCUT2D eigenvalue weighted by atomic mass is 10.3. The van der Waals surface area contributed by atoms with E-state index in [0.717, 1.165) is 15.9 Å². The van der Waals surface area contributed by atoms with Crippen LogP contribution >= 0.6 is 15.9 Å². The number of carbonyl (C=O) groups is 2. The van der Waals surface area contributed by atoms with E-state index < -0.39 is 11.8 Å². The van der Waals surface area contributed by atoms with E-state index >= 15 is 0 Å². The zero-order valence-corrected chi connectivity index (χ0v) is 20.0. The summed E-state index contributed by atoms with van der Waals surface area (Å²) in [6.45, 7) is 6.87. The molecule has 0 saturated heterocycles. The minimum absolute atomic E-state index is 0.115. The fraction of sp³-hybridized carbons (Fsp3) is 0.286. The summed E-state index contributed by atoms with van der Waals surface area (Å²) < 4.78 is 11.2. The van der Waals surface area contributed by atoms with Crippen LogP contribution < -0.4 is 10.6 Å². The number of rotatable bonds is 8. The molecule has 0 bridgehead atoms. The second-order valence-electron chi connectivity index (χ2n) is 7.33. The summed E-state index contributed by atoms with van der Waals surface area (Å²) in [4.78, 5) is 25.5. The molecule has 0 atom stereocenters. The Morgan fingerprint density at radius 2 is 1.94 bits per heavy atom. The summed E-state index contributed by atoms with van der Waals surface area (Å²) >= 11 is 3.50. The molecule has 11 nitrogen and oxygen atoms in total. The van der Waals surface area contributed by atoms with E-state index in [-0.39, 0.29) is 17.9 Å². The number of hydrogen-bond donors (Lipinski definition) is 2. The van der Waals surface area contributed by atoms with Gasteiger partial charge in [-0.15, -0.1) is 0 Å². The summed E-state index contributed by atoms with van der Waals surface area (Å²) in [6.07, 6.45) is 4.85. The maximum absolute atomic E-state index is 12.8. The van der Waals surface area contributed by atoms with Crippen LogP contribution in [0.25, 0.3) is 0 Å². The van der Waals surface area contributed by atoms with Gasteiger partial charge < -0.3 is 15.1 Å². The van der Waals surface area contributed by atoms with Crippen LogP contribution in [0.1, 0.15) is 45.0 Å². The van der Waals surface area contributed by atoms with Gasteiger partial charge >= 0.3 is 0 Å². The molecule has 0 aliphatic heterocycles. The van der Waals surface area contributed by atoms with Gasteiger partial charge in [0.1, 0.15) is 12.4 Å². The van der Waals surface area contributed by atoms with Crippen molar-refractivity contribution in [2.45, 2.75) is 40.5 Å². The molecular formula is C21H23BrN8O3. The van der Waals surface area contributed by atoms with Crippen molar-refractivity contribution in [3.8, 4) is 0 Å². The van der Waals surface area contributed by atoms with Crippen molar-refractivity contribution in [3.63, 3.8) is 0 Å². The van der Waals surface area contributed by atoms with Crippen molar-refractivity contribution >= 4 is 33.4 Å². The Morgan fingerprint density at radius 1 is 1.12 bits per heavy atom. The second kappa shape index (κ2) is 9.45. The van der Waals surface area contributed by atoms with Crippen LogP contribution in [-0.2, 0) is 19.8 Å². The zero-order chi connectivity index (χ0) is 23.5. The number of amides is 2. The van der Waals surface area contributed by atoms with Crippen LogP contribution in [0.3, 0.4) is 0 Å². The van der Waals surface area contributed by atoms with Gasteiger partial charge in [-0.05, 0) is 54.9 Å². The topological polar surface area (TPSA) is 125 Å². The van der Waals surface area contributed by atoms with Crippen molar-refractivity contribution in [1.82, 2.24) is 34.7 Å². The van der Waals surface area contributed by atoms with E-state index in [1.807, 2.05) is 20.8 Å². The van der Waals surface area contributed by atoms with Gasteiger partial charge in [-0.3, -0.25) is 19.0 Å². The number of hydrogen-bond acceptors (Lipinski definition) is 6. The Hall–Kier alpha value is -3.67. The fourth-order valence-electron chi connectivity index (χ4n) is 3.20. The van der Waals surface area contributed by atoms with E-state index in [4.69, 9.17) is 4.42 Å². The molecule has 2 N–H and O–H groups in total. The maximum atomic E-state index is 12.8. The summed E-state index contributed by atoms with van der Waals surface area (Å²) in [5.74, 6) is -0.252. The molecule has 2 amide bonds. The minimum Gasteiger partial charge on any atom is -0.467 e. The van der Waals surface area contributed by atoms with Gasteiger partial charge in [-0.1, -0.05) is 0 Å². The van der Waals surface area contributed by atoms with Crippen LogP contribution in [0.5, 0.6) is 0 Å². The van der Waals surface area contributed by atoms with E-state index in [2.05, 4.69) is 41.9 Å². The number of anilines is 1. The third-order valence-corrected chi connectivity index (χ3v) is 6.15. The molecule has 33 heavy (non-hydrogen) atoms. The third kappa shape index (κ3) is 4.90. The SMILES string of the molecule is CCn1cc(NC(=O)c2ccn(Cn3nc(C)c(Br)c3C)n2)c(C(=O)NCc2ccco2)n1.